The van der Waals surface area contributed by atoms with Gasteiger partial charge in [0, 0.05) is 56.7 Å². The Labute approximate surface area is 394 Å². The molecule has 312 valence electrons. The van der Waals surface area contributed by atoms with Crippen LogP contribution in [0.25, 0.3) is 77.4 Å². The molecule has 0 saturated carbocycles. The molecule has 0 atom stereocenters. The predicted molar refractivity (Wildman–Crippen MR) is 272 cm³/mol. The van der Waals surface area contributed by atoms with Crippen molar-refractivity contribution in [2.75, 3.05) is 16.5 Å². The Hall–Kier alpha value is -8.87. The van der Waals surface area contributed by atoms with E-state index in [1.165, 1.54) is 6.07 Å². The molecule has 0 fully saturated rings. The van der Waals surface area contributed by atoms with Gasteiger partial charge in [-0.25, -0.2) is 4.98 Å². The van der Waals surface area contributed by atoms with E-state index >= 15 is 0 Å². The molecule has 4 heterocycles. The van der Waals surface area contributed by atoms with Gasteiger partial charge in [0.1, 0.15) is 18.2 Å². The molecule has 6 nitrogen and oxygen atoms in total. The molecule has 0 radical (unpaired) electrons. The summed E-state index contributed by atoms with van der Waals surface area (Å²) in [6.45, 7) is 0.152. The standard InChI is InChI=1S/C60H41N5O/c1-3-19-41(20-4-1)45-28-18-29-46(42-21-5-2-6-22-42)60(45)63-40-62(54-33-13-14-34-55(54)63)43-23-17-24-44(37-43)66-58-39-56-50(49-27-9-12-32-53(49)65(56)59-35-15-16-36-61-59)38-57(58)64-51-30-10-7-25-47(51)48-26-8-11-31-52(48)64/h1-39H,40H2/i1D,2D,3D,4D,5D,6D,19D,20D,21D. The summed E-state index contributed by atoms with van der Waals surface area (Å²) in [7, 11) is 0. The minimum atomic E-state index is -0.527. The van der Waals surface area contributed by atoms with Crippen LogP contribution in [0.4, 0.5) is 22.7 Å². The quantitative estimate of drug-likeness (QED) is 0.153. The molecule has 6 heteroatoms. The Bertz CT molecular complexity index is 4260. The molecule has 0 N–H and O–H groups in total. The monoisotopic (exact) mass is 856 g/mol. The van der Waals surface area contributed by atoms with Crippen molar-refractivity contribution in [3.8, 4) is 45.3 Å². The fraction of sp³-hybridized carbons (Fsp3) is 0.0167. The lowest BCUT2D eigenvalue weighted by molar-refractivity contribution is 0.481. The number of rotatable bonds is 8. The Morgan fingerprint density at radius 1 is 0.439 bits per heavy atom. The van der Waals surface area contributed by atoms with Crippen molar-refractivity contribution in [2.45, 2.75) is 0 Å². The van der Waals surface area contributed by atoms with Gasteiger partial charge >= 0.3 is 0 Å². The van der Waals surface area contributed by atoms with Crippen molar-refractivity contribution in [2.24, 2.45) is 0 Å². The average Bonchev–Trinajstić information content (AvgIpc) is 4.14. The van der Waals surface area contributed by atoms with Gasteiger partial charge in [-0.05, 0) is 71.8 Å². The first kappa shape index (κ1) is 29.5. The van der Waals surface area contributed by atoms with E-state index in [2.05, 4.69) is 80.8 Å². The lowest BCUT2D eigenvalue weighted by Gasteiger charge is -2.27. The molecule has 0 unspecified atom stereocenters. The van der Waals surface area contributed by atoms with Crippen molar-refractivity contribution in [3.63, 3.8) is 0 Å². The Kier molecular flexibility index (Phi) is 6.90. The van der Waals surface area contributed by atoms with Crippen LogP contribution in [0.15, 0.2) is 237 Å². The summed E-state index contributed by atoms with van der Waals surface area (Å²) in [6.07, 6.45) is 1.79. The largest absolute Gasteiger partial charge is 0.455 e. The number of nitrogens with zero attached hydrogens (tertiary/aromatic N) is 5. The van der Waals surface area contributed by atoms with Crippen molar-refractivity contribution >= 4 is 66.4 Å². The van der Waals surface area contributed by atoms with Gasteiger partial charge in [-0.1, -0.05) is 158 Å². The number of hydrogen-bond acceptors (Lipinski definition) is 4. The van der Waals surface area contributed by atoms with Crippen LogP contribution in [-0.4, -0.2) is 20.8 Å². The third-order valence-electron chi connectivity index (χ3n) is 12.5. The highest BCUT2D eigenvalue weighted by Crippen LogP contribution is 2.51. The van der Waals surface area contributed by atoms with Crippen LogP contribution in [-0.2, 0) is 0 Å². The van der Waals surface area contributed by atoms with Crippen molar-refractivity contribution < 1.29 is 17.1 Å². The molecule has 0 spiro atoms. The molecule has 9 aromatic carbocycles. The topological polar surface area (TPSA) is 38.5 Å². The predicted octanol–water partition coefficient (Wildman–Crippen LogP) is 15.6. The van der Waals surface area contributed by atoms with Crippen LogP contribution >= 0.6 is 0 Å². The fourth-order valence-corrected chi connectivity index (χ4v) is 9.69. The molecule has 0 bridgehead atoms. The zero-order valence-corrected chi connectivity index (χ0v) is 35.2. The molecule has 1 aliphatic heterocycles. The maximum atomic E-state index is 9.11. The number of ether oxygens (including phenoxy) is 1. The summed E-state index contributed by atoms with van der Waals surface area (Å²) >= 11 is 0. The number of hydrogen-bond donors (Lipinski definition) is 0. The highest BCUT2D eigenvalue weighted by atomic mass is 16.5. The number of aromatic nitrogens is 3. The van der Waals surface area contributed by atoms with Crippen LogP contribution in [0.5, 0.6) is 11.5 Å². The van der Waals surface area contributed by atoms with Crippen molar-refractivity contribution in [1.29, 1.82) is 0 Å². The van der Waals surface area contributed by atoms with Crippen LogP contribution < -0.4 is 14.5 Å². The van der Waals surface area contributed by atoms with E-state index in [4.69, 9.17) is 22.1 Å². The second kappa shape index (κ2) is 15.4. The Balaban J connectivity index is 0.991. The van der Waals surface area contributed by atoms with Gasteiger partial charge < -0.3 is 19.1 Å². The third-order valence-corrected chi connectivity index (χ3v) is 12.5. The molecule has 0 aliphatic carbocycles. The highest BCUT2D eigenvalue weighted by molar-refractivity contribution is 6.13. The van der Waals surface area contributed by atoms with Crippen LogP contribution in [0.3, 0.4) is 0 Å². The summed E-state index contributed by atoms with van der Waals surface area (Å²) in [5.74, 6) is 1.91. The summed E-state index contributed by atoms with van der Waals surface area (Å²) in [4.78, 5) is 8.87. The van der Waals surface area contributed by atoms with E-state index < -0.39 is 36.3 Å². The van der Waals surface area contributed by atoms with Crippen molar-refractivity contribution in [1.82, 2.24) is 14.1 Å². The van der Waals surface area contributed by atoms with Crippen molar-refractivity contribution in [3.05, 3.63) is 237 Å². The van der Waals surface area contributed by atoms with Gasteiger partial charge in [-0.2, -0.15) is 0 Å². The maximum Gasteiger partial charge on any atom is 0.153 e. The zero-order valence-electron chi connectivity index (χ0n) is 44.2. The van der Waals surface area contributed by atoms with E-state index in [1.54, 1.807) is 24.4 Å². The van der Waals surface area contributed by atoms with E-state index in [-0.39, 0.29) is 35.9 Å². The lowest BCUT2D eigenvalue weighted by atomic mass is 9.95. The van der Waals surface area contributed by atoms with Gasteiger partial charge in [0.15, 0.2) is 5.75 Å². The van der Waals surface area contributed by atoms with E-state index in [9.17, 15) is 0 Å². The summed E-state index contributed by atoms with van der Waals surface area (Å²) in [5, 5.41) is 4.31. The second-order valence-electron chi connectivity index (χ2n) is 16.1. The van der Waals surface area contributed by atoms with Gasteiger partial charge in [0.25, 0.3) is 0 Å². The zero-order chi connectivity index (χ0) is 51.4. The number of fused-ring (bicyclic) bond motifs is 7. The Morgan fingerprint density at radius 2 is 1.05 bits per heavy atom. The second-order valence-corrected chi connectivity index (χ2v) is 16.1. The third kappa shape index (κ3) is 6.07. The number of anilines is 4. The van der Waals surface area contributed by atoms with E-state index in [1.807, 2.05) is 89.8 Å². The molecule has 12 aromatic rings. The van der Waals surface area contributed by atoms with E-state index in [0.717, 1.165) is 66.5 Å². The van der Waals surface area contributed by atoms with Gasteiger partial charge in [0.05, 0.1) is 57.2 Å². The average molecular weight is 857 g/mol. The first-order valence-electron chi connectivity index (χ1n) is 26.2. The SMILES string of the molecule is [2H]c1cc(-c2cccc(-c3c([2H])c([2H])c([2H])c([2H])c3[2H])c2N2CN(c3cccc(Oc4cc5c(cc4-n4c6ccccc6c6ccccc64)c4ccccc4n5-c4ccccn4)c3)c3ccccc32)c([2H])c([2H])c1[2H]. The number of benzene rings is 9. The molecule has 66 heavy (non-hydrogen) atoms. The summed E-state index contributed by atoms with van der Waals surface area (Å²) in [5.41, 5.74) is 8.28. The minimum Gasteiger partial charge on any atom is -0.455 e. The van der Waals surface area contributed by atoms with Gasteiger partial charge in [-0.3, -0.25) is 4.57 Å². The van der Waals surface area contributed by atoms with Gasteiger partial charge in [0.2, 0.25) is 0 Å². The van der Waals surface area contributed by atoms with E-state index in [0.29, 0.717) is 34.0 Å². The molecule has 1 aliphatic rings. The molecule has 13 rings (SSSR count). The summed E-state index contributed by atoms with van der Waals surface area (Å²) in [6, 6.07) is 53.7. The van der Waals surface area contributed by atoms with Gasteiger partial charge in [-0.15, -0.1) is 0 Å². The fourth-order valence-electron chi connectivity index (χ4n) is 9.69. The molecule has 0 saturated heterocycles. The lowest BCUT2D eigenvalue weighted by Crippen LogP contribution is -2.25. The molecular formula is C60H41N5O. The minimum absolute atomic E-state index is 0.0388. The molecular weight excluding hydrogens is 807 g/mol. The van der Waals surface area contributed by atoms with Crippen LogP contribution in [0.1, 0.15) is 12.3 Å². The summed E-state index contributed by atoms with van der Waals surface area (Å²) < 4.78 is 90.3. The highest BCUT2D eigenvalue weighted by Gasteiger charge is 2.31. The number of pyridine rings is 1. The first-order valence-corrected chi connectivity index (χ1v) is 21.7. The maximum absolute atomic E-state index is 9.11. The Morgan fingerprint density at radius 3 is 1.77 bits per heavy atom. The number of para-hydroxylation sites is 6. The smallest absolute Gasteiger partial charge is 0.153 e. The molecule has 3 aromatic heterocycles. The molecule has 0 amide bonds. The van der Waals surface area contributed by atoms with Crippen LogP contribution in [0, 0.1) is 0 Å². The first-order chi connectivity index (χ1) is 36.5. The normalized spacial score (nSPS) is 14.3. The van der Waals surface area contributed by atoms with Crippen LogP contribution in [0.2, 0.25) is 0 Å².